The van der Waals surface area contributed by atoms with Gasteiger partial charge >= 0.3 is 12.1 Å². The van der Waals surface area contributed by atoms with E-state index in [1.165, 1.54) is 0 Å². The first kappa shape index (κ1) is 11.2. The van der Waals surface area contributed by atoms with Crippen molar-refractivity contribution in [1.82, 2.24) is 21.5 Å². The van der Waals surface area contributed by atoms with E-state index < -0.39 is 12.1 Å². The summed E-state index contributed by atoms with van der Waals surface area (Å²) in [5, 5.41) is 0.440. The Bertz CT molecular complexity index is 192. The summed E-state index contributed by atoms with van der Waals surface area (Å²) in [5.74, 6) is 0. The van der Waals surface area contributed by atoms with Crippen molar-refractivity contribution in [2.75, 3.05) is 0 Å². The first-order valence-electron chi connectivity index (χ1n) is 2.90. The van der Waals surface area contributed by atoms with Crippen LogP contribution in [0.1, 0.15) is 0 Å². The van der Waals surface area contributed by atoms with Crippen molar-refractivity contribution in [3.8, 4) is 0 Å². The maximum Gasteiger partial charge on any atom is 0.329 e. The Labute approximate surface area is 78.5 Å². The minimum Gasteiger partial charge on any atom is -0.375 e. The lowest BCUT2D eigenvalue weighted by Crippen LogP contribution is -2.63. The van der Waals surface area contributed by atoms with Gasteiger partial charge in [0.1, 0.15) is 0 Å². The molecular weight excluding hydrogens is 198 g/mol. The minimum absolute atomic E-state index is 0.192. The average Bonchev–Trinajstić information content (AvgIpc) is 1.80. The molecule has 74 valence electrons. The Morgan fingerprint density at radius 1 is 1.00 bits per heavy atom. The van der Waals surface area contributed by atoms with Crippen LogP contribution in [0.25, 0.3) is 0 Å². The predicted octanol–water partition coefficient (Wildman–Crippen LogP) is -2.80. The number of carbonyl (C=O) groups is 2. The van der Waals surface area contributed by atoms with Gasteiger partial charge in [-0.3, -0.25) is 5.43 Å². The van der Waals surface area contributed by atoms with E-state index >= 15 is 0 Å². The molecule has 0 unspecified atom stereocenters. The topological polar surface area (TPSA) is 152 Å². The Morgan fingerprint density at radius 3 is 1.62 bits per heavy atom. The van der Waals surface area contributed by atoms with Gasteiger partial charge < -0.3 is 17.2 Å². The molecule has 0 radical (unpaired) electrons. The number of nitrogens with zero attached hydrogens (tertiary/aromatic N) is 1. The van der Waals surface area contributed by atoms with Gasteiger partial charge in [-0.15, -0.1) is 0 Å². The average molecular weight is 207 g/mol. The van der Waals surface area contributed by atoms with Crippen LogP contribution >= 0.6 is 12.2 Å². The van der Waals surface area contributed by atoms with Gasteiger partial charge in [-0.05, 0) is 17.4 Å². The second-order valence-corrected chi connectivity index (χ2v) is 2.20. The van der Waals surface area contributed by atoms with Crippen LogP contribution < -0.4 is 33.5 Å². The van der Waals surface area contributed by atoms with Crippen molar-refractivity contribution in [2.45, 2.75) is 0 Å². The van der Waals surface area contributed by atoms with E-state index in [9.17, 15) is 9.59 Å². The Hall–Kier alpha value is -1.81. The fourth-order valence-electron chi connectivity index (χ4n) is 0.414. The molecule has 0 spiro atoms. The zero-order valence-electron chi connectivity index (χ0n) is 6.40. The number of carbonyl (C=O) groups excluding carboxylic acids is 2. The summed E-state index contributed by atoms with van der Waals surface area (Å²) in [4.78, 5) is 20.7. The third-order valence-electron chi connectivity index (χ3n) is 0.666. The number of amides is 4. The summed E-state index contributed by atoms with van der Waals surface area (Å²) in [6.07, 6.45) is 0. The van der Waals surface area contributed by atoms with Gasteiger partial charge in [-0.1, -0.05) is 0 Å². The van der Waals surface area contributed by atoms with Gasteiger partial charge in [0, 0.05) is 0 Å². The van der Waals surface area contributed by atoms with Crippen molar-refractivity contribution in [1.29, 1.82) is 0 Å². The highest BCUT2D eigenvalue weighted by Crippen LogP contribution is 1.68. The molecule has 0 aliphatic rings. The quantitative estimate of drug-likeness (QED) is 0.217. The van der Waals surface area contributed by atoms with Gasteiger partial charge in [0.05, 0.1) is 0 Å². The highest BCUT2D eigenvalue weighted by Gasteiger charge is 2.07. The summed E-state index contributed by atoms with van der Waals surface area (Å²) in [6.45, 7) is 0. The van der Waals surface area contributed by atoms with E-state index in [1.54, 1.807) is 0 Å². The van der Waals surface area contributed by atoms with Gasteiger partial charge in [0.25, 0.3) is 0 Å². The lowest BCUT2D eigenvalue weighted by Gasteiger charge is -2.21. The molecule has 0 aromatic carbocycles. The molecule has 0 aliphatic heterocycles. The van der Waals surface area contributed by atoms with Crippen LogP contribution in [0.2, 0.25) is 0 Å². The van der Waals surface area contributed by atoms with Gasteiger partial charge in [0.2, 0.25) is 0 Å². The van der Waals surface area contributed by atoms with Crippen LogP contribution in [0.15, 0.2) is 0 Å². The summed E-state index contributed by atoms with van der Waals surface area (Å²) in [7, 11) is 0. The van der Waals surface area contributed by atoms with E-state index in [4.69, 9.17) is 17.2 Å². The lowest BCUT2D eigenvalue weighted by molar-refractivity contribution is 0.110. The highest BCUT2D eigenvalue weighted by atomic mass is 32.1. The molecule has 0 atom stereocenters. The monoisotopic (exact) mass is 207 g/mol. The second-order valence-electron chi connectivity index (χ2n) is 1.76. The molecule has 0 fully saturated rings. The predicted molar refractivity (Wildman–Crippen MR) is 47.2 cm³/mol. The first-order chi connectivity index (χ1) is 5.91. The van der Waals surface area contributed by atoms with Crippen molar-refractivity contribution in [2.24, 2.45) is 17.2 Å². The third kappa shape index (κ3) is 6.58. The molecule has 0 saturated carbocycles. The molecule has 9 N–H and O–H groups in total. The molecule has 0 aromatic heterocycles. The van der Waals surface area contributed by atoms with Crippen LogP contribution in [0, 0.1) is 0 Å². The van der Waals surface area contributed by atoms with E-state index in [2.05, 4.69) is 17.6 Å². The summed E-state index contributed by atoms with van der Waals surface area (Å²) in [5.41, 5.74) is 20.5. The fourth-order valence-corrected chi connectivity index (χ4v) is 0.506. The Balaban J connectivity index is 4.10. The molecule has 9 nitrogen and oxygen atoms in total. The van der Waals surface area contributed by atoms with Crippen LogP contribution in [-0.4, -0.2) is 22.4 Å². The number of thiocarbonyl (C=S) groups is 1. The van der Waals surface area contributed by atoms with Crippen LogP contribution in [-0.2, 0) is 0 Å². The molecule has 10 heteroatoms. The molecule has 0 rings (SSSR count). The molecule has 0 aliphatic carbocycles. The van der Waals surface area contributed by atoms with Crippen LogP contribution in [0.4, 0.5) is 9.59 Å². The van der Waals surface area contributed by atoms with Crippen molar-refractivity contribution >= 4 is 29.4 Å². The van der Waals surface area contributed by atoms with E-state index in [-0.39, 0.29) is 5.11 Å². The van der Waals surface area contributed by atoms with Crippen molar-refractivity contribution < 1.29 is 9.59 Å². The number of rotatable bonds is 3. The maximum atomic E-state index is 10.3. The van der Waals surface area contributed by atoms with Crippen LogP contribution in [0.5, 0.6) is 0 Å². The number of nitrogens with one attached hydrogen (secondary N) is 3. The minimum atomic E-state index is -0.933. The SMILES string of the molecule is NC(=O)NN(NC(N)=O)NC(N)=S. The van der Waals surface area contributed by atoms with Gasteiger partial charge in [0.15, 0.2) is 5.11 Å². The van der Waals surface area contributed by atoms with E-state index in [0.29, 0.717) is 5.23 Å². The Kier molecular flexibility index (Phi) is 4.26. The normalized spacial score (nSPS) is 9.00. The third-order valence-corrected chi connectivity index (χ3v) is 0.757. The molecule has 13 heavy (non-hydrogen) atoms. The first-order valence-corrected chi connectivity index (χ1v) is 3.31. The number of hydrazine groups is 3. The van der Waals surface area contributed by atoms with E-state index in [1.807, 2.05) is 10.9 Å². The number of urea groups is 2. The second kappa shape index (κ2) is 4.95. The Morgan fingerprint density at radius 2 is 1.38 bits per heavy atom. The molecule has 0 heterocycles. The molecule has 0 saturated heterocycles. The number of hydrogen-bond donors (Lipinski definition) is 6. The summed E-state index contributed by atoms with van der Waals surface area (Å²) < 4.78 is 0. The number of primary amides is 2. The maximum absolute atomic E-state index is 10.3. The number of hydrogen-bond acceptors (Lipinski definition) is 4. The zero-order valence-corrected chi connectivity index (χ0v) is 7.22. The van der Waals surface area contributed by atoms with E-state index in [0.717, 1.165) is 0 Å². The lowest BCUT2D eigenvalue weighted by atomic mass is 11.1. The van der Waals surface area contributed by atoms with Crippen molar-refractivity contribution in [3.05, 3.63) is 0 Å². The fraction of sp³-hybridized carbons (Fsp3) is 0. The summed E-state index contributed by atoms with van der Waals surface area (Å²) in [6, 6.07) is -1.87. The summed E-state index contributed by atoms with van der Waals surface area (Å²) >= 11 is 4.42. The number of nitrogens with two attached hydrogens (primary N) is 3. The van der Waals surface area contributed by atoms with Crippen molar-refractivity contribution in [3.63, 3.8) is 0 Å². The standard InChI is InChI=1S/C3H9N7O2S/c4-1(11)7-10(8-2(5)12)9-3(6)13/h(H3,4,7,11)(H3,5,8,12)(H3,6,9,13). The van der Waals surface area contributed by atoms with Gasteiger partial charge in [-0.25, -0.2) is 20.4 Å². The van der Waals surface area contributed by atoms with Gasteiger partial charge in [-0.2, -0.15) is 0 Å². The zero-order chi connectivity index (χ0) is 10.4. The smallest absolute Gasteiger partial charge is 0.329 e. The molecule has 4 amide bonds. The molecular formula is C3H9N7O2S. The highest BCUT2D eigenvalue weighted by molar-refractivity contribution is 7.80. The molecule has 0 aromatic rings. The largest absolute Gasteiger partial charge is 0.375 e. The molecule has 0 bridgehead atoms. The van der Waals surface area contributed by atoms with Crippen LogP contribution in [0.3, 0.4) is 0 Å².